The zero-order valence-electron chi connectivity index (χ0n) is 11.6. The third kappa shape index (κ3) is 2.92. The molecule has 2 rings (SSSR count). The molecule has 100 valence electrons. The lowest BCUT2D eigenvalue weighted by Gasteiger charge is -2.28. The van der Waals surface area contributed by atoms with Crippen molar-refractivity contribution in [1.29, 1.82) is 0 Å². The molecule has 0 bridgehead atoms. The molecule has 1 fully saturated rings. The van der Waals surface area contributed by atoms with Gasteiger partial charge in [-0.1, -0.05) is 20.8 Å². The monoisotopic (exact) mass is 248 g/mol. The van der Waals surface area contributed by atoms with Crippen LogP contribution in [0.3, 0.4) is 0 Å². The van der Waals surface area contributed by atoms with Crippen molar-refractivity contribution < 1.29 is 0 Å². The Kier molecular flexibility index (Phi) is 4.04. The predicted octanol–water partition coefficient (Wildman–Crippen LogP) is 3.17. The molecule has 18 heavy (non-hydrogen) atoms. The van der Waals surface area contributed by atoms with Gasteiger partial charge in [0.1, 0.15) is 18.0 Å². The van der Waals surface area contributed by atoms with Crippen molar-refractivity contribution in [2.24, 2.45) is 5.92 Å². The first-order valence-corrected chi connectivity index (χ1v) is 6.94. The van der Waals surface area contributed by atoms with Crippen LogP contribution >= 0.6 is 0 Å². The lowest BCUT2D eigenvalue weighted by Crippen LogP contribution is -2.26. The van der Waals surface area contributed by atoms with Crippen molar-refractivity contribution in [3.05, 3.63) is 11.9 Å². The molecule has 0 aliphatic heterocycles. The van der Waals surface area contributed by atoms with Crippen LogP contribution in [0.4, 0.5) is 11.6 Å². The van der Waals surface area contributed by atoms with Gasteiger partial charge in [-0.2, -0.15) is 0 Å². The molecule has 1 aliphatic rings. The van der Waals surface area contributed by atoms with E-state index in [2.05, 4.69) is 36.1 Å². The molecule has 1 aromatic rings. The summed E-state index contributed by atoms with van der Waals surface area (Å²) in [5.74, 6) is 2.74. The number of aromatic nitrogens is 2. The lowest BCUT2D eigenvalue weighted by atomic mass is 9.87. The highest BCUT2D eigenvalue weighted by atomic mass is 15.1. The van der Waals surface area contributed by atoms with Crippen LogP contribution in [0.1, 0.15) is 57.9 Å². The van der Waals surface area contributed by atoms with Gasteiger partial charge < -0.3 is 11.1 Å². The fourth-order valence-corrected chi connectivity index (χ4v) is 2.69. The van der Waals surface area contributed by atoms with E-state index in [9.17, 15) is 0 Å². The summed E-state index contributed by atoms with van der Waals surface area (Å²) in [6.45, 7) is 6.59. The maximum absolute atomic E-state index is 5.96. The zero-order valence-corrected chi connectivity index (χ0v) is 11.6. The second-order valence-corrected chi connectivity index (χ2v) is 5.78. The molecule has 0 unspecified atom stereocenters. The van der Waals surface area contributed by atoms with Crippen LogP contribution in [-0.4, -0.2) is 16.0 Å². The first kappa shape index (κ1) is 13.1. The Bertz CT molecular complexity index is 395. The zero-order chi connectivity index (χ0) is 13.1. The molecule has 4 nitrogen and oxygen atoms in total. The van der Waals surface area contributed by atoms with Crippen molar-refractivity contribution in [2.75, 3.05) is 11.1 Å². The topological polar surface area (TPSA) is 63.8 Å². The van der Waals surface area contributed by atoms with Crippen LogP contribution < -0.4 is 11.1 Å². The minimum atomic E-state index is 0.344. The average Bonchev–Trinajstić information content (AvgIpc) is 2.32. The summed E-state index contributed by atoms with van der Waals surface area (Å²) in [6.07, 6.45) is 6.60. The lowest BCUT2D eigenvalue weighted by molar-refractivity contribution is 0.360. The van der Waals surface area contributed by atoms with Crippen LogP contribution in [-0.2, 0) is 0 Å². The van der Waals surface area contributed by atoms with E-state index in [-0.39, 0.29) is 0 Å². The number of anilines is 2. The molecular weight excluding hydrogens is 224 g/mol. The van der Waals surface area contributed by atoms with Gasteiger partial charge in [0.05, 0.1) is 0 Å². The minimum absolute atomic E-state index is 0.344. The van der Waals surface area contributed by atoms with E-state index in [0.29, 0.717) is 17.8 Å². The van der Waals surface area contributed by atoms with Crippen LogP contribution in [0, 0.1) is 5.92 Å². The van der Waals surface area contributed by atoms with Gasteiger partial charge in [-0.3, -0.25) is 0 Å². The molecule has 1 aromatic heterocycles. The van der Waals surface area contributed by atoms with E-state index < -0.39 is 0 Å². The Morgan fingerprint density at radius 3 is 2.50 bits per heavy atom. The number of nitrogens with two attached hydrogens (primary N) is 1. The van der Waals surface area contributed by atoms with E-state index >= 15 is 0 Å². The van der Waals surface area contributed by atoms with Crippen molar-refractivity contribution >= 4 is 11.6 Å². The van der Waals surface area contributed by atoms with Gasteiger partial charge in [0.15, 0.2) is 0 Å². The molecular formula is C14H24N4. The van der Waals surface area contributed by atoms with Crippen LogP contribution in [0.25, 0.3) is 0 Å². The highest BCUT2D eigenvalue weighted by molar-refractivity contribution is 5.57. The van der Waals surface area contributed by atoms with Crippen LogP contribution in [0.2, 0.25) is 0 Å². The van der Waals surface area contributed by atoms with Gasteiger partial charge in [0.25, 0.3) is 0 Å². The van der Waals surface area contributed by atoms with E-state index in [0.717, 1.165) is 17.3 Å². The standard InChI is InChI=1S/C14H24N4/c1-9(2)12-13(15)16-8-17-14(12)18-11-6-4-10(3)5-7-11/h8-11H,4-7H2,1-3H3,(H3,15,16,17,18). The van der Waals surface area contributed by atoms with Gasteiger partial charge in [-0.05, 0) is 37.5 Å². The number of hydrogen-bond donors (Lipinski definition) is 2. The molecule has 0 radical (unpaired) electrons. The smallest absolute Gasteiger partial charge is 0.135 e. The first-order valence-electron chi connectivity index (χ1n) is 6.94. The predicted molar refractivity (Wildman–Crippen MR) is 75.6 cm³/mol. The minimum Gasteiger partial charge on any atom is -0.383 e. The number of nitrogen functional groups attached to an aromatic ring is 1. The van der Waals surface area contributed by atoms with Crippen LogP contribution in [0.5, 0.6) is 0 Å². The molecule has 3 N–H and O–H groups in total. The fraction of sp³-hybridized carbons (Fsp3) is 0.714. The first-order chi connectivity index (χ1) is 8.58. The summed E-state index contributed by atoms with van der Waals surface area (Å²) < 4.78 is 0. The third-order valence-corrected chi connectivity index (χ3v) is 3.85. The fourth-order valence-electron chi connectivity index (χ4n) is 2.69. The molecule has 0 amide bonds. The average molecular weight is 248 g/mol. The maximum Gasteiger partial charge on any atom is 0.135 e. The van der Waals surface area contributed by atoms with Gasteiger partial charge in [-0.25, -0.2) is 9.97 Å². The molecule has 4 heteroatoms. The van der Waals surface area contributed by atoms with E-state index in [1.165, 1.54) is 25.7 Å². The Balaban J connectivity index is 2.11. The van der Waals surface area contributed by atoms with Crippen LogP contribution in [0.15, 0.2) is 6.33 Å². The number of hydrogen-bond acceptors (Lipinski definition) is 4. The van der Waals surface area contributed by atoms with Gasteiger partial charge in [0, 0.05) is 11.6 Å². The highest BCUT2D eigenvalue weighted by Gasteiger charge is 2.20. The van der Waals surface area contributed by atoms with E-state index in [1.807, 2.05) is 0 Å². The van der Waals surface area contributed by atoms with E-state index in [4.69, 9.17) is 5.73 Å². The summed E-state index contributed by atoms with van der Waals surface area (Å²) in [4.78, 5) is 8.46. The Hall–Kier alpha value is -1.32. The van der Waals surface area contributed by atoms with Crippen molar-refractivity contribution in [3.8, 4) is 0 Å². The Morgan fingerprint density at radius 1 is 1.22 bits per heavy atom. The van der Waals surface area contributed by atoms with Gasteiger partial charge in [-0.15, -0.1) is 0 Å². The van der Waals surface area contributed by atoms with Gasteiger partial charge in [0.2, 0.25) is 0 Å². The molecule has 1 heterocycles. The Morgan fingerprint density at radius 2 is 1.89 bits per heavy atom. The molecule has 0 aromatic carbocycles. The summed E-state index contributed by atoms with van der Waals surface area (Å²) >= 11 is 0. The third-order valence-electron chi connectivity index (χ3n) is 3.85. The molecule has 0 spiro atoms. The molecule has 0 saturated heterocycles. The second-order valence-electron chi connectivity index (χ2n) is 5.78. The van der Waals surface area contributed by atoms with Gasteiger partial charge >= 0.3 is 0 Å². The summed E-state index contributed by atoms with van der Waals surface area (Å²) in [7, 11) is 0. The van der Waals surface area contributed by atoms with Crippen molar-refractivity contribution in [1.82, 2.24) is 9.97 Å². The highest BCUT2D eigenvalue weighted by Crippen LogP contribution is 2.30. The largest absolute Gasteiger partial charge is 0.383 e. The number of nitrogens with one attached hydrogen (secondary N) is 1. The second kappa shape index (κ2) is 5.55. The van der Waals surface area contributed by atoms with Crippen molar-refractivity contribution in [3.63, 3.8) is 0 Å². The summed E-state index contributed by atoms with van der Waals surface area (Å²) in [5, 5.41) is 3.56. The molecule has 1 saturated carbocycles. The normalized spacial score (nSPS) is 24.2. The van der Waals surface area contributed by atoms with Crippen molar-refractivity contribution in [2.45, 2.75) is 58.4 Å². The SMILES string of the molecule is CC1CCC(Nc2ncnc(N)c2C(C)C)CC1. The number of nitrogens with zero attached hydrogens (tertiary/aromatic N) is 2. The maximum atomic E-state index is 5.96. The molecule has 1 aliphatic carbocycles. The summed E-state index contributed by atoms with van der Waals surface area (Å²) in [5.41, 5.74) is 7.01. The number of rotatable bonds is 3. The summed E-state index contributed by atoms with van der Waals surface area (Å²) in [6, 6.07) is 0.535. The Labute approximate surface area is 109 Å². The van der Waals surface area contributed by atoms with E-state index in [1.54, 1.807) is 6.33 Å². The quantitative estimate of drug-likeness (QED) is 0.862. The molecule has 0 atom stereocenters.